The van der Waals surface area contributed by atoms with Gasteiger partial charge in [0.25, 0.3) is 0 Å². The predicted octanol–water partition coefficient (Wildman–Crippen LogP) is 2.71. The van der Waals surface area contributed by atoms with Crippen LogP contribution in [-0.4, -0.2) is 23.6 Å². The Hall–Kier alpha value is -1.42. The Bertz CT molecular complexity index is 419. The molecule has 0 saturated carbocycles. The second kappa shape index (κ2) is 7.89. The van der Waals surface area contributed by atoms with Crippen LogP contribution < -0.4 is 5.32 Å². The largest absolute Gasteiger partial charge is 0.462 e. The SMILES string of the molecule is CCOC(=O)c1cc(CC)cnc1CNC(C)CC. The molecular weight excluding hydrogens is 240 g/mol. The van der Waals surface area contributed by atoms with Crippen LogP contribution in [0.1, 0.15) is 55.7 Å². The van der Waals surface area contributed by atoms with Crippen molar-refractivity contribution in [3.8, 4) is 0 Å². The van der Waals surface area contributed by atoms with Crippen molar-refractivity contribution >= 4 is 5.97 Å². The quantitative estimate of drug-likeness (QED) is 0.769. The molecule has 0 aliphatic heterocycles. The molecule has 4 nitrogen and oxygen atoms in total. The van der Waals surface area contributed by atoms with Crippen molar-refractivity contribution < 1.29 is 9.53 Å². The van der Waals surface area contributed by atoms with Crippen molar-refractivity contribution in [3.05, 3.63) is 29.1 Å². The number of aryl methyl sites for hydroxylation is 1. The third-order valence-corrected chi connectivity index (χ3v) is 3.16. The fraction of sp³-hybridized carbons (Fsp3) is 0.600. The average Bonchev–Trinajstić information content (AvgIpc) is 2.44. The highest BCUT2D eigenvalue weighted by molar-refractivity contribution is 5.90. The molecule has 0 aliphatic carbocycles. The molecule has 0 radical (unpaired) electrons. The van der Waals surface area contributed by atoms with E-state index in [0.29, 0.717) is 24.8 Å². The van der Waals surface area contributed by atoms with Gasteiger partial charge in [0, 0.05) is 18.8 Å². The molecule has 1 unspecified atom stereocenters. The van der Waals surface area contributed by atoms with E-state index < -0.39 is 0 Å². The minimum absolute atomic E-state index is 0.286. The number of rotatable bonds is 7. The van der Waals surface area contributed by atoms with Crippen LogP contribution in [0.25, 0.3) is 0 Å². The fourth-order valence-electron chi connectivity index (χ4n) is 1.67. The van der Waals surface area contributed by atoms with Gasteiger partial charge in [-0.1, -0.05) is 13.8 Å². The van der Waals surface area contributed by atoms with Crippen molar-refractivity contribution in [2.45, 2.75) is 53.1 Å². The van der Waals surface area contributed by atoms with Gasteiger partial charge in [-0.25, -0.2) is 4.79 Å². The number of nitrogens with zero attached hydrogens (tertiary/aromatic N) is 1. The van der Waals surface area contributed by atoms with Gasteiger partial charge in [-0.2, -0.15) is 0 Å². The number of ether oxygens (including phenoxy) is 1. The van der Waals surface area contributed by atoms with Gasteiger partial charge in [0.05, 0.1) is 17.9 Å². The van der Waals surface area contributed by atoms with E-state index in [1.54, 1.807) is 0 Å². The van der Waals surface area contributed by atoms with E-state index in [-0.39, 0.29) is 5.97 Å². The molecule has 1 N–H and O–H groups in total. The highest BCUT2D eigenvalue weighted by atomic mass is 16.5. The smallest absolute Gasteiger partial charge is 0.340 e. The lowest BCUT2D eigenvalue weighted by molar-refractivity contribution is 0.0524. The maximum Gasteiger partial charge on any atom is 0.340 e. The summed E-state index contributed by atoms with van der Waals surface area (Å²) in [4.78, 5) is 16.4. The normalized spacial score (nSPS) is 12.2. The predicted molar refractivity (Wildman–Crippen MR) is 76.2 cm³/mol. The summed E-state index contributed by atoms with van der Waals surface area (Å²) >= 11 is 0. The first-order valence-electron chi connectivity index (χ1n) is 7.00. The number of carbonyl (C=O) groups is 1. The summed E-state index contributed by atoms with van der Waals surface area (Å²) in [6.07, 6.45) is 3.73. The summed E-state index contributed by atoms with van der Waals surface area (Å²) in [6.45, 7) is 9.07. The molecule has 1 aromatic rings. The van der Waals surface area contributed by atoms with Gasteiger partial charge in [0.1, 0.15) is 0 Å². The Morgan fingerprint density at radius 3 is 2.74 bits per heavy atom. The van der Waals surface area contributed by atoms with Crippen molar-refractivity contribution in [2.24, 2.45) is 0 Å². The van der Waals surface area contributed by atoms with Crippen molar-refractivity contribution in [3.63, 3.8) is 0 Å². The minimum Gasteiger partial charge on any atom is -0.462 e. The first kappa shape index (κ1) is 15.6. The average molecular weight is 264 g/mol. The van der Waals surface area contributed by atoms with Gasteiger partial charge >= 0.3 is 5.97 Å². The molecule has 106 valence electrons. The lowest BCUT2D eigenvalue weighted by atomic mass is 10.1. The Balaban J connectivity index is 2.91. The van der Waals surface area contributed by atoms with Crippen LogP contribution in [-0.2, 0) is 17.7 Å². The molecule has 19 heavy (non-hydrogen) atoms. The van der Waals surface area contributed by atoms with E-state index in [0.717, 1.165) is 24.1 Å². The zero-order valence-corrected chi connectivity index (χ0v) is 12.3. The molecule has 4 heteroatoms. The van der Waals surface area contributed by atoms with E-state index in [2.05, 4.69) is 24.1 Å². The van der Waals surface area contributed by atoms with E-state index in [9.17, 15) is 4.79 Å². The van der Waals surface area contributed by atoms with Crippen LogP contribution in [0.5, 0.6) is 0 Å². The summed E-state index contributed by atoms with van der Waals surface area (Å²) in [6, 6.07) is 2.29. The van der Waals surface area contributed by atoms with Crippen LogP contribution >= 0.6 is 0 Å². The van der Waals surface area contributed by atoms with Crippen LogP contribution in [0.4, 0.5) is 0 Å². The fourth-order valence-corrected chi connectivity index (χ4v) is 1.67. The van der Waals surface area contributed by atoms with Gasteiger partial charge in [-0.3, -0.25) is 4.98 Å². The Labute approximate surface area is 115 Å². The lowest BCUT2D eigenvalue weighted by Crippen LogP contribution is -2.26. The molecule has 1 aromatic heterocycles. The van der Waals surface area contributed by atoms with Crippen molar-refractivity contribution in [1.29, 1.82) is 0 Å². The first-order valence-corrected chi connectivity index (χ1v) is 7.00. The molecule has 0 spiro atoms. The monoisotopic (exact) mass is 264 g/mol. The second-order valence-corrected chi connectivity index (χ2v) is 4.60. The summed E-state index contributed by atoms with van der Waals surface area (Å²) in [5.74, 6) is -0.286. The van der Waals surface area contributed by atoms with Crippen LogP contribution in [0.3, 0.4) is 0 Å². The maximum atomic E-state index is 12.0. The molecule has 0 aliphatic rings. The lowest BCUT2D eigenvalue weighted by Gasteiger charge is -2.13. The highest BCUT2D eigenvalue weighted by Crippen LogP contribution is 2.12. The Kier molecular flexibility index (Phi) is 6.50. The number of hydrogen-bond donors (Lipinski definition) is 1. The molecule has 1 rings (SSSR count). The molecule has 0 aromatic carbocycles. The summed E-state index contributed by atoms with van der Waals surface area (Å²) in [5.41, 5.74) is 2.39. The number of aromatic nitrogens is 1. The highest BCUT2D eigenvalue weighted by Gasteiger charge is 2.15. The van der Waals surface area contributed by atoms with Gasteiger partial charge < -0.3 is 10.1 Å². The molecule has 0 saturated heterocycles. The number of pyridine rings is 1. The zero-order valence-electron chi connectivity index (χ0n) is 12.3. The maximum absolute atomic E-state index is 12.0. The Morgan fingerprint density at radius 2 is 2.16 bits per heavy atom. The Morgan fingerprint density at radius 1 is 1.42 bits per heavy atom. The van der Waals surface area contributed by atoms with E-state index in [1.807, 2.05) is 26.1 Å². The summed E-state index contributed by atoms with van der Waals surface area (Å²) in [7, 11) is 0. The number of nitrogens with one attached hydrogen (secondary N) is 1. The number of hydrogen-bond acceptors (Lipinski definition) is 4. The van der Waals surface area contributed by atoms with Gasteiger partial charge in [0.2, 0.25) is 0 Å². The van der Waals surface area contributed by atoms with Gasteiger partial charge in [-0.05, 0) is 38.3 Å². The van der Waals surface area contributed by atoms with Gasteiger partial charge in [-0.15, -0.1) is 0 Å². The third-order valence-electron chi connectivity index (χ3n) is 3.16. The standard InChI is InChI=1S/C15H24N2O2/c1-5-11(4)16-10-14-13(15(18)19-7-3)8-12(6-2)9-17-14/h8-9,11,16H,5-7,10H2,1-4H3. The molecule has 0 amide bonds. The van der Waals surface area contributed by atoms with E-state index >= 15 is 0 Å². The molecule has 0 fully saturated rings. The third kappa shape index (κ3) is 4.63. The number of carbonyl (C=O) groups excluding carboxylic acids is 1. The second-order valence-electron chi connectivity index (χ2n) is 4.60. The molecule has 1 heterocycles. The first-order chi connectivity index (χ1) is 9.12. The zero-order chi connectivity index (χ0) is 14.3. The van der Waals surface area contributed by atoms with E-state index in [4.69, 9.17) is 4.74 Å². The van der Waals surface area contributed by atoms with Gasteiger partial charge in [0.15, 0.2) is 0 Å². The molecule has 1 atom stereocenters. The summed E-state index contributed by atoms with van der Waals surface area (Å²) < 4.78 is 5.09. The van der Waals surface area contributed by atoms with E-state index in [1.165, 1.54) is 0 Å². The van der Waals surface area contributed by atoms with Crippen LogP contribution in [0.15, 0.2) is 12.3 Å². The molecular formula is C15H24N2O2. The number of esters is 1. The topological polar surface area (TPSA) is 51.2 Å². The summed E-state index contributed by atoms with van der Waals surface area (Å²) in [5, 5.41) is 3.35. The van der Waals surface area contributed by atoms with Crippen LogP contribution in [0, 0.1) is 0 Å². The molecule has 0 bridgehead atoms. The van der Waals surface area contributed by atoms with Crippen LogP contribution in [0.2, 0.25) is 0 Å². The van der Waals surface area contributed by atoms with Crippen molar-refractivity contribution in [1.82, 2.24) is 10.3 Å². The minimum atomic E-state index is -0.286. The van der Waals surface area contributed by atoms with Crippen molar-refractivity contribution in [2.75, 3.05) is 6.61 Å².